The summed E-state index contributed by atoms with van der Waals surface area (Å²) in [6.45, 7) is 0. The van der Waals surface area contributed by atoms with E-state index in [2.05, 4.69) is 15.9 Å². The molecule has 0 saturated heterocycles. The molecule has 0 amide bonds. The molecule has 1 aromatic carbocycles. The van der Waals surface area contributed by atoms with E-state index in [-0.39, 0.29) is 18.0 Å². The summed E-state index contributed by atoms with van der Waals surface area (Å²) in [7, 11) is 0. The first kappa shape index (κ1) is 9.93. The van der Waals surface area contributed by atoms with Gasteiger partial charge in [-0.1, -0.05) is 0 Å². The van der Waals surface area contributed by atoms with Gasteiger partial charge in [0.15, 0.2) is 0 Å². The second kappa shape index (κ2) is 3.87. The lowest BCUT2D eigenvalue weighted by Crippen LogP contribution is -2.37. The molecule has 1 aliphatic carbocycles. The van der Waals surface area contributed by atoms with Gasteiger partial charge in [-0.15, -0.1) is 0 Å². The van der Waals surface area contributed by atoms with Crippen molar-refractivity contribution >= 4 is 15.9 Å². The lowest BCUT2D eigenvalue weighted by Gasteiger charge is -2.31. The Hall–Kier alpha value is -0.610. The zero-order chi connectivity index (χ0) is 10.1. The van der Waals surface area contributed by atoms with Crippen LogP contribution in [-0.4, -0.2) is 17.3 Å². The van der Waals surface area contributed by atoms with Crippen molar-refractivity contribution in [2.24, 2.45) is 0 Å². The molecule has 1 aliphatic rings. The minimum absolute atomic E-state index is 0.0168. The molecule has 1 fully saturated rings. The number of rotatable bonds is 2. The third-order valence-corrected chi connectivity index (χ3v) is 2.91. The fourth-order valence-electron chi connectivity index (χ4n) is 1.38. The zero-order valence-corrected chi connectivity index (χ0v) is 9.00. The van der Waals surface area contributed by atoms with Crippen molar-refractivity contribution in [1.29, 1.82) is 0 Å². The maximum absolute atomic E-state index is 12.8. The Morgan fingerprint density at radius 1 is 1.43 bits per heavy atom. The molecule has 0 aromatic heterocycles. The Kier molecular flexibility index (Phi) is 2.74. The maximum atomic E-state index is 12.8. The van der Waals surface area contributed by atoms with Gasteiger partial charge in [-0.25, -0.2) is 4.39 Å². The normalized spacial score (nSPS) is 25.6. The first-order chi connectivity index (χ1) is 6.65. The third-order valence-electron chi connectivity index (χ3n) is 2.26. The number of aliphatic hydroxyl groups excluding tert-OH is 1. The average molecular weight is 261 g/mol. The van der Waals surface area contributed by atoms with E-state index in [1.54, 1.807) is 6.07 Å². The van der Waals surface area contributed by atoms with Gasteiger partial charge in [-0.05, 0) is 28.1 Å². The molecule has 1 saturated carbocycles. The summed E-state index contributed by atoms with van der Waals surface area (Å²) in [6.07, 6.45) is 1.02. The summed E-state index contributed by atoms with van der Waals surface area (Å²) in [5.41, 5.74) is 0. The molecule has 2 rings (SSSR count). The van der Waals surface area contributed by atoms with Crippen LogP contribution in [0.5, 0.6) is 5.75 Å². The van der Waals surface area contributed by atoms with Crippen LogP contribution in [0.15, 0.2) is 22.7 Å². The van der Waals surface area contributed by atoms with Crippen LogP contribution in [0.3, 0.4) is 0 Å². The predicted molar refractivity (Wildman–Crippen MR) is 53.8 cm³/mol. The summed E-state index contributed by atoms with van der Waals surface area (Å²) in [4.78, 5) is 0. The predicted octanol–water partition coefficient (Wildman–Crippen LogP) is 2.49. The molecule has 2 nitrogen and oxygen atoms in total. The second-order valence-electron chi connectivity index (χ2n) is 3.44. The van der Waals surface area contributed by atoms with Crippen LogP contribution in [0.1, 0.15) is 12.8 Å². The molecular formula is C10H10BrFO2. The lowest BCUT2D eigenvalue weighted by atomic mass is 9.92. The second-order valence-corrected chi connectivity index (χ2v) is 4.29. The molecule has 1 aromatic rings. The largest absolute Gasteiger partial charge is 0.489 e. The summed E-state index contributed by atoms with van der Waals surface area (Å²) in [5.74, 6) is 0.185. The van der Waals surface area contributed by atoms with Gasteiger partial charge in [0.2, 0.25) is 0 Å². The van der Waals surface area contributed by atoms with Gasteiger partial charge in [0.1, 0.15) is 17.7 Å². The van der Waals surface area contributed by atoms with Crippen molar-refractivity contribution in [3.63, 3.8) is 0 Å². The van der Waals surface area contributed by atoms with E-state index >= 15 is 0 Å². The highest BCUT2D eigenvalue weighted by atomic mass is 79.9. The highest BCUT2D eigenvalue weighted by Gasteiger charge is 2.29. The maximum Gasteiger partial charge on any atom is 0.136 e. The quantitative estimate of drug-likeness (QED) is 0.886. The molecule has 14 heavy (non-hydrogen) atoms. The van der Waals surface area contributed by atoms with Crippen LogP contribution >= 0.6 is 15.9 Å². The average Bonchev–Trinajstić information content (AvgIpc) is 2.09. The number of hydrogen-bond donors (Lipinski definition) is 1. The zero-order valence-electron chi connectivity index (χ0n) is 7.41. The molecule has 4 heteroatoms. The highest BCUT2D eigenvalue weighted by molar-refractivity contribution is 9.10. The fraction of sp³-hybridized carbons (Fsp3) is 0.400. The van der Waals surface area contributed by atoms with E-state index in [1.165, 1.54) is 12.1 Å². The molecule has 0 atom stereocenters. The summed E-state index contributed by atoms with van der Waals surface area (Å²) >= 11 is 3.27. The van der Waals surface area contributed by atoms with Crippen molar-refractivity contribution < 1.29 is 14.2 Å². The Morgan fingerprint density at radius 2 is 2.14 bits per heavy atom. The summed E-state index contributed by atoms with van der Waals surface area (Å²) < 4.78 is 19.1. The first-order valence-corrected chi connectivity index (χ1v) is 5.24. The molecule has 0 aliphatic heterocycles. The van der Waals surface area contributed by atoms with Gasteiger partial charge in [0.05, 0.1) is 10.6 Å². The number of ether oxygens (including phenoxy) is 1. The van der Waals surface area contributed by atoms with Crippen LogP contribution < -0.4 is 4.74 Å². The fourth-order valence-corrected chi connectivity index (χ4v) is 1.72. The Balaban J connectivity index is 2.05. The van der Waals surface area contributed by atoms with E-state index in [4.69, 9.17) is 9.84 Å². The summed E-state index contributed by atoms with van der Waals surface area (Å²) in [6, 6.07) is 4.32. The van der Waals surface area contributed by atoms with Gasteiger partial charge in [-0.2, -0.15) is 0 Å². The lowest BCUT2D eigenvalue weighted by molar-refractivity contribution is -0.0112. The minimum Gasteiger partial charge on any atom is -0.489 e. The molecule has 1 N–H and O–H groups in total. The monoisotopic (exact) mass is 260 g/mol. The van der Waals surface area contributed by atoms with Crippen LogP contribution in [0, 0.1) is 5.82 Å². The minimum atomic E-state index is -0.317. The van der Waals surface area contributed by atoms with Crippen molar-refractivity contribution in [2.75, 3.05) is 0 Å². The molecule has 0 unspecified atom stereocenters. The van der Waals surface area contributed by atoms with E-state index in [1.807, 2.05) is 0 Å². The third kappa shape index (κ3) is 2.07. The molecule has 0 spiro atoms. The smallest absolute Gasteiger partial charge is 0.136 e. The van der Waals surface area contributed by atoms with Gasteiger partial charge in [0, 0.05) is 18.9 Å². The first-order valence-electron chi connectivity index (χ1n) is 4.45. The van der Waals surface area contributed by atoms with Crippen molar-refractivity contribution in [3.05, 3.63) is 28.5 Å². The molecule has 0 radical (unpaired) electrons. The number of aliphatic hydroxyl groups is 1. The summed E-state index contributed by atoms with van der Waals surface area (Å²) in [5, 5.41) is 9.05. The van der Waals surface area contributed by atoms with Crippen LogP contribution in [0.25, 0.3) is 0 Å². The van der Waals surface area contributed by atoms with Crippen molar-refractivity contribution in [1.82, 2.24) is 0 Å². The van der Waals surface area contributed by atoms with Gasteiger partial charge >= 0.3 is 0 Å². The molecule has 0 heterocycles. The standard InChI is InChI=1S/C10H10BrFO2/c11-9-2-1-6(12)3-10(9)14-8-4-7(13)5-8/h1-3,7-8,13H,4-5H2. The van der Waals surface area contributed by atoms with Crippen LogP contribution in [-0.2, 0) is 0 Å². The topological polar surface area (TPSA) is 29.5 Å². The van der Waals surface area contributed by atoms with E-state index in [0.29, 0.717) is 18.6 Å². The Labute approximate surface area is 89.8 Å². The van der Waals surface area contributed by atoms with Gasteiger partial charge < -0.3 is 9.84 Å². The van der Waals surface area contributed by atoms with Crippen molar-refractivity contribution in [3.8, 4) is 5.75 Å². The highest BCUT2D eigenvalue weighted by Crippen LogP contribution is 2.31. The Bertz CT molecular complexity index is 337. The number of halogens is 2. The van der Waals surface area contributed by atoms with Gasteiger partial charge in [0.25, 0.3) is 0 Å². The SMILES string of the molecule is OC1CC(Oc2cc(F)ccc2Br)C1. The Morgan fingerprint density at radius 3 is 2.79 bits per heavy atom. The van der Waals surface area contributed by atoms with E-state index in [0.717, 1.165) is 4.47 Å². The number of benzene rings is 1. The van der Waals surface area contributed by atoms with E-state index in [9.17, 15) is 4.39 Å². The van der Waals surface area contributed by atoms with Crippen LogP contribution in [0.2, 0.25) is 0 Å². The van der Waals surface area contributed by atoms with Crippen LogP contribution in [0.4, 0.5) is 4.39 Å². The van der Waals surface area contributed by atoms with Crippen molar-refractivity contribution in [2.45, 2.75) is 25.0 Å². The molecule has 0 bridgehead atoms. The molecular weight excluding hydrogens is 251 g/mol. The van der Waals surface area contributed by atoms with Gasteiger partial charge in [-0.3, -0.25) is 0 Å². The van der Waals surface area contributed by atoms with E-state index < -0.39 is 0 Å². The number of hydrogen-bond acceptors (Lipinski definition) is 2. The molecule has 76 valence electrons.